The van der Waals surface area contributed by atoms with E-state index in [9.17, 15) is 22.4 Å². The van der Waals surface area contributed by atoms with Gasteiger partial charge < -0.3 is 15.2 Å². The number of hydrogen-bond acceptors (Lipinski definition) is 5. The fraction of sp³-hybridized carbons (Fsp3) is 0.150. The molecule has 2 aromatic heterocycles. The number of primary amides is 1. The van der Waals surface area contributed by atoms with E-state index in [1.54, 1.807) is 0 Å². The highest BCUT2D eigenvalue weighted by Gasteiger charge is 2.32. The van der Waals surface area contributed by atoms with Gasteiger partial charge in [-0.05, 0) is 35.9 Å². The quantitative estimate of drug-likeness (QED) is 0.463. The summed E-state index contributed by atoms with van der Waals surface area (Å²) >= 11 is 0. The molecule has 1 aromatic carbocycles. The van der Waals surface area contributed by atoms with Crippen LogP contribution in [0.1, 0.15) is 16.2 Å². The summed E-state index contributed by atoms with van der Waals surface area (Å²) in [6.45, 7) is 0.0281. The molecule has 1 amide bonds. The highest BCUT2D eigenvalue weighted by molar-refractivity contribution is 5.92. The van der Waals surface area contributed by atoms with Crippen LogP contribution in [0.3, 0.4) is 0 Å². The van der Waals surface area contributed by atoms with E-state index < -0.39 is 23.6 Å². The predicted octanol–water partition coefficient (Wildman–Crippen LogP) is 3.86. The minimum atomic E-state index is -4.53. The lowest BCUT2D eigenvalue weighted by Crippen LogP contribution is -2.14. The third kappa shape index (κ3) is 5.22. The van der Waals surface area contributed by atoms with Crippen molar-refractivity contribution in [3.05, 3.63) is 72.1 Å². The number of alkyl halides is 3. The number of benzene rings is 1. The van der Waals surface area contributed by atoms with Crippen LogP contribution in [0.15, 0.2) is 54.9 Å². The normalized spacial score (nSPS) is 11.2. The summed E-state index contributed by atoms with van der Waals surface area (Å²) in [7, 11) is 0. The van der Waals surface area contributed by atoms with Gasteiger partial charge in [0, 0.05) is 5.56 Å². The Bertz CT molecular complexity index is 1020. The average molecular weight is 421 g/mol. The number of aromatic nitrogens is 2. The first-order valence-electron chi connectivity index (χ1n) is 8.58. The number of ether oxygens (including phenoxy) is 2. The minimum Gasteiger partial charge on any atom is -0.488 e. The molecule has 156 valence electrons. The average Bonchev–Trinajstić information content (AvgIpc) is 2.71. The molecule has 0 saturated carbocycles. The van der Waals surface area contributed by atoms with Crippen molar-refractivity contribution >= 4 is 5.91 Å². The van der Waals surface area contributed by atoms with Crippen molar-refractivity contribution in [2.75, 3.05) is 13.2 Å². The first kappa shape index (κ1) is 21.0. The second-order valence-electron chi connectivity index (χ2n) is 6.01. The topological polar surface area (TPSA) is 87.3 Å². The van der Waals surface area contributed by atoms with Gasteiger partial charge in [0.15, 0.2) is 0 Å². The fourth-order valence-corrected chi connectivity index (χ4v) is 2.49. The van der Waals surface area contributed by atoms with Gasteiger partial charge >= 0.3 is 6.18 Å². The molecule has 0 fully saturated rings. The van der Waals surface area contributed by atoms with Gasteiger partial charge in [0.1, 0.15) is 41.9 Å². The lowest BCUT2D eigenvalue weighted by molar-refractivity contribution is -0.141. The second kappa shape index (κ2) is 8.76. The Kier molecular flexibility index (Phi) is 6.14. The van der Waals surface area contributed by atoms with E-state index in [-0.39, 0.29) is 24.7 Å². The Balaban J connectivity index is 1.67. The van der Waals surface area contributed by atoms with Gasteiger partial charge in [0.25, 0.3) is 5.91 Å². The maximum atomic E-state index is 13.2. The lowest BCUT2D eigenvalue weighted by atomic mass is 10.0. The summed E-state index contributed by atoms with van der Waals surface area (Å²) < 4.78 is 61.7. The van der Waals surface area contributed by atoms with Crippen molar-refractivity contribution in [3.63, 3.8) is 0 Å². The fourth-order valence-electron chi connectivity index (χ4n) is 2.49. The molecule has 10 heteroatoms. The molecule has 0 saturated heterocycles. The van der Waals surface area contributed by atoms with Gasteiger partial charge in [-0.1, -0.05) is 12.1 Å². The number of nitrogens with zero attached hydrogens (tertiary/aromatic N) is 2. The molecule has 2 N–H and O–H groups in total. The Morgan fingerprint density at radius 1 is 0.967 bits per heavy atom. The number of carbonyl (C=O) groups excluding carboxylic acids is 1. The Hall–Kier alpha value is -3.69. The monoisotopic (exact) mass is 421 g/mol. The zero-order valence-corrected chi connectivity index (χ0v) is 15.3. The van der Waals surface area contributed by atoms with Crippen LogP contribution >= 0.6 is 0 Å². The first-order valence-corrected chi connectivity index (χ1v) is 8.58. The molecular weight excluding hydrogens is 406 g/mol. The number of pyridine rings is 2. The van der Waals surface area contributed by atoms with Crippen molar-refractivity contribution < 1.29 is 31.8 Å². The second-order valence-corrected chi connectivity index (χ2v) is 6.01. The van der Waals surface area contributed by atoms with E-state index in [1.807, 2.05) is 0 Å². The molecule has 0 aliphatic carbocycles. The third-order valence-electron chi connectivity index (χ3n) is 3.91. The van der Waals surface area contributed by atoms with E-state index in [2.05, 4.69) is 9.97 Å². The van der Waals surface area contributed by atoms with Crippen molar-refractivity contribution in [1.82, 2.24) is 9.97 Å². The molecule has 3 rings (SSSR count). The number of hydrogen-bond donors (Lipinski definition) is 1. The number of amides is 1. The van der Waals surface area contributed by atoms with Crippen molar-refractivity contribution in [2.45, 2.75) is 6.18 Å². The summed E-state index contributed by atoms with van der Waals surface area (Å²) in [6.07, 6.45) is -2.25. The third-order valence-corrected chi connectivity index (χ3v) is 3.91. The van der Waals surface area contributed by atoms with Gasteiger partial charge in [-0.2, -0.15) is 13.2 Å². The van der Waals surface area contributed by atoms with Crippen LogP contribution in [0.4, 0.5) is 17.6 Å². The Morgan fingerprint density at radius 3 is 2.27 bits per heavy atom. The van der Waals surface area contributed by atoms with Crippen LogP contribution in [0, 0.1) is 5.82 Å². The molecule has 30 heavy (non-hydrogen) atoms. The Labute approximate surface area is 168 Å². The highest BCUT2D eigenvalue weighted by atomic mass is 19.4. The van der Waals surface area contributed by atoms with E-state index in [0.717, 1.165) is 18.3 Å². The van der Waals surface area contributed by atoms with Gasteiger partial charge in [0.05, 0.1) is 12.4 Å². The molecule has 0 radical (unpaired) electrons. The molecule has 3 aromatic rings. The van der Waals surface area contributed by atoms with Gasteiger partial charge in [-0.25, -0.2) is 14.4 Å². The van der Waals surface area contributed by atoms with E-state index >= 15 is 0 Å². The smallest absolute Gasteiger partial charge is 0.433 e. The number of rotatable bonds is 7. The minimum absolute atomic E-state index is 0.00741. The molecule has 0 aliphatic heterocycles. The Morgan fingerprint density at radius 2 is 1.67 bits per heavy atom. The molecule has 0 spiro atoms. The molecule has 0 bridgehead atoms. The number of carbonyl (C=O) groups is 1. The largest absolute Gasteiger partial charge is 0.488 e. The highest BCUT2D eigenvalue weighted by Crippen LogP contribution is 2.30. The predicted molar refractivity (Wildman–Crippen MR) is 98.4 cm³/mol. The zero-order chi connectivity index (χ0) is 21.7. The van der Waals surface area contributed by atoms with Crippen LogP contribution < -0.4 is 15.2 Å². The maximum absolute atomic E-state index is 13.2. The molecule has 0 atom stereocenters. The lowest BCUT2D eigenvalue weighted by Gasteiger charge is -2.13. The molecular formula is C20H15F4N3O3. The maximum Gasteiger partial charge on any atom is 0.433 e. The van der Waals surface area contributed by atoms with E-state index in [0.29, 0.717) is 16.9 Å². The number of nitrogens with two attached hydrogens (primary N) is 1. The van der Waals surface area contributed by atoms with Gasteiger partial charge in [-0.3, -0.25) is 4.79 Å². The first-order chi connectivity index (χ1) is 14.2. The van der Waals surface area contributed by atoms with Crippen LogP contribution in [0.2, 0.25) is 0 Å². The summed E-state index contributed by atoms with van der Waals surface area (Å²) in [4.78, 5) is 18.6. The van der Waals surface area contributed by atoms with Crippen molar-refractivity contribution in [2.24, 2.45) is 5.73 Å². The SMILES string of the molecule is NC(=O)c1cc(-c2ccc(F)cc2)c(OCCOc2ccc(C(F)(F)F)nc2)cn1. The van der Waals surface area contributed by atoms with Crippen LogP contribution in [0.25, 0.3) is 11.1 Å². The summed E-state index contributed by atoms with van der Waals surface area (Å²) in [5, 5.41) is 0. The van der Waals surface area contributed by atoms with Crippen LogP contribution in [0.5, 0.6) is 11.5 Å². The van der Waals surface area contributed by atoms with E-state index in [4.69, 9.17) is 15.2 Å². The van der Waals surface area contributed by atoms with Crippen molar-refractivity contribution in [3.8, 4) is 22.6 Å². The van der Waals surface area contributed by atoms with Gasteiger partial charge in [0.2, 0.25) is 0 Å². The summed E-state index contributed by atoms with van der Waals surface area (Å²) in [5.74, 6) is -0.722. The van der Waals surface area contributed by atoms with Crippen LogP contribution in [-0.4, -0.2) is 29.1 Å². The molecule has 2 heterocycles. The van der Waals surface area contributed by atoms with Crippen LogP contribution in [-0.2, 0) is 6.18 Å². The number of halogens is 4. The summed E-state index contributed by atoms with van der Waals surface area (Å²) in [5.41, 5.74) is 5.29. The van der Waals surface area contributed by atoms with Crippen molar-refractivity contribution in [1.29, 1.82) is 0 Å². The zero-order valence-electron chi connectivity index (χ0n) is 15.3. The molecule has 0 unspecified atom stereocenters. The van der Waals surface area contributed by atoms with E-state index in [1.165, 1.54) is 36.5 Å². The van der Waals surface area contributed by atoms with Gasteiger partial charge in [-0.15, -0.1) is 0 Å². The summed E-state index contributed by atoms with van der Waals surface area (Å²) in [6, 6.07) is 8.91. The molecule has 0 aliphatic rings. The molecule has 6 nitrogen and oxygen atoms in total. The standard InChI is InChI=1S/C20H15F4N3O3/c21-13-3-1-12(2-4-13)15-9-16(19(25)28)26-11-17(15)30-8-7-29-14-5-6-18(27-10-14)20(22,23)24/h1-6,9-11H,7-8H2,(H2,25,28).